The third kappa shape index (κ3) is 2.90. The van der Waals surface area contributed by atoms with Crippen LogP contribution in [0.2, 0.25) is 5.02 Å². The third-order valence-electron chi connectivity index (χ3n) is 3.18. The Morgan fingerprint density at radius 2 is 2.35 bits per heavy atom. The lowest BCUT2D eigenvalue weighted by Crippen LogP contribution is -2.16. The van der Waals surface area contributed by atoms with Gasteiger partial charge in [0.1, 0.15) is 0 Å². The molecule has 0 bridgehead atoms. The van der Waals surface area contributed by atoms with Crippen molar-refractivity contribution in [2.75, 3.05) is 0 Å². The van der Waals surface area contributed by atoms with Crippen molar-refractivity contribution in [1.29, 1.82) is 0 Å². The van der Waals surface area contributed by atoms with Gasteiger partial charge in [0.15, 0.2) is 0 Å². The summed E-state index contributed by atoms with van der Waals surface area (Å²) >= 11 is 6.25. The van der Waals surface area contributed by atoms with Gasteiger partial charge in [-0.1, -0.05) is 31.0 Å². The number of allylic oxidation sites excluding steroid dienone is 1. The Bertz CT molecular complexity index is 409. The monoisotopic (exact) mass is 253 g/mol. The van der Waals surface area contributed by atoms with Crippen LogP contribution < -0.4 is 5.73 Å². The van der Waals surface area contributed by atoms with Crippen molar-refractivity contribution < 1.29 is 0 Å². The van der Waals surface area contributed by atoms with Gasteiger partial charge in [-0.25, -0.2) is 0 Å². The Labute approximate surface area is 108 Å². The maximum atomic E-state index is 6.25. The van der Waals surface area contributed by atoms with Gasteiger partial charge >= 0.3 is 0 Å². The first-order valence-electron chi connectivity index (χ1n) is 6.40. The zero-order valence-corrected chi connectivity index (χ0v) is 11.1. The van der Waals surface area contributed by atoms with Crippen molar-refractivity contribution in [3.8, 4) is 0 Å². The minimum Gasteiger partial charge on any atom is -0.324 e. The normalized spacial score (nSPS) is 21.1. The van der Waals surface area contributed by atoms with Crippen molar-refractivity contribution >= 4 is 17.2 Å². The summed E-state index contributed by atoms with van der Waals surface area (Å²) in [5.74, 6) is 0. The first-order chi connectivity index (χ1) is 8.22. The second-order valence-corrected chi connectivity index (χ2v) is 5.07. The standard InChI is InChI=1S/C13H20ClN3/c1-2-7-17-13(12(14)9-16-17)10-5-3-4-6-11(15)8-10/h8-9,11H,2-7,15H2,1H3. The van der Waals surface area contributed by atoms with Crippen molar-refractivity contribution in [3.63, 3.8) is 0 Å². The van der Waals surface area contributed by atoms with Gasteiger partial charge in [0, 0.05) is 12.6 Å². The van der Waals surface area contributed by atoms with Crippen LogP contribution in [0.4, 0.5) is 0 Å². The summed E-state index contributed by atoms with van der Waals surface area (Å²) in [4.78, 5) is 0. The number of aryl methyl sites for hydroxylation is 1. The molecule has 0 saturated carbocycles. The van der Waals surface area contributed by atoms with E-state index in [0.717, 1.165) is 36.5 Å². The van der Waals surface area contributed by atoms with Crippen LogP contribution in [-0.4, -0.2) is 15.8 Å². The highest BCUT2D eigenvalue weighted by atomic mass is 35.5. The number of hydrogen-bond donors (Lipinski definition) is 1. The van der Waals surface area contributed by atoms with Crippen molar-refractivity contribution in [1.82, 2.24) is 9.78 Å². The summed E-state index contributed by atoms with van der Waals surface area (Å²) in [6.45, 7) is 3.06. The van der Waals surface area contributed by atoms with Crippen LogP contribution in [0.15, 0.2) is 12.3 Å². The lowest BCUT2D eigenvalue weighted by molar-refractivity contribution is 0.594. The van der Waals surface area contributed by atoms with E-state index in [9.17, 15) is 0 Å². The molecular weight excluding hydrogens is 234 g/mol. The van der Waals surface area contributed by atoms with Crippen molar-refractivity contribution in [2.24, 2.45) is 5.73 Å². The fourth-order valence-electron chi connectivity index (χ4n) is 2.38. The molecule has 1 aromatic rings. The number of aromatic nitrogens is 2. The molecule has 1 aliphatic rings. The summed E-state index contributed by atoms with van der Waals surface area (Å²) in [6.07, 6.45) is 9.48. The Morgan fingerprint density at radius 1 is 1.53 bits per heavy atom. The van der Waals surface area contributed by atoms with Crippen LogP contribution in [0, 0.1) is 0 Å². The maximum absolute atomic E-state index is 6.25. The molecule has 1 heterocycles. The second-order valence-electron chi connectivity index (χ2n) is 4.67. The number of nitrogens with two attached hydrogens (primary N) is 1. The van der Waals surface area contributed by atoms with Crippen LogP contribution in [-0.2, 0) is 6.54 Å². The summed E-state index contributed by atoms with van der Waals surface area (Å²) in [5.41, 5.74) is 8.40. The number of rotatable bonds is 3. The van der Waals surface area contributed by atoms with E-state index in [-0.39, 0.29) is 6.04 Å². The molecule has 0 saturated heterocycles. The van der Waals surface area contributed by atoms with Gasteiger partial charge in [-0.3, -0.25) is 4.68 Å². The van der Waals surface area contributed by atoms with Gasteiger partial charge in [-0.15, -0.1) is 0 Å². The average molecular weight is 254 g/mol. The van der Waals surface area contributed by atoms with Crippen molar-refractivity contribution in [3.05, 3.63) is 23.0 Å². The predicted molar refractivity (Wildman–Crippen MR) is 71.9 cm³/mol. The van der Waals surface area contributed by atoms with Crippen LogP contribution in [0.25, 0.3) is 5.57 Å². The molecule has 0 aliphatic heterocycles. The van der Waals surface area contributed by atoms with Gasteiger partial charge in [0.05, 0.1) is 16.9 Å². The molecule has 1 aliphatic carbocycles. The minimum absolute atomic E-state index is 0.161. The highest BCUT2D eigenvalue weighted by Gasteiger charge is 2.16. The topological polar surface area (TPSA) is 43.8 Å². The minimum atomic E-state index is 0.161. The number of nitrogens with zero attached hydrogens (tertiary/aromatic N) is 2. The third-order valence-corrected chi connectivity index (χ3v) is 3.46. The highest BCUT2D eigenvalue weighted by Crippen LogP contribution is 2.30. The van der Waals surface area contributed by atoms with E-state index in [2.05, 4.69) is 18.1 Å². The summed E-state index contributed by atoms with van der Waals surface area (Å²) in [7, 11) is 0. The second kappa shape index (κ2) is 5.69. The SMILES string of the molecule is CCCn1ncc(Cl)c1C1=CC(N)CCCC1. The fraction of sp³-hybridized carbons (Fsp3) is 0.615. The first-order valence-corrected chi connectivity index (χ1v) is 6.78. The molecule has 0 amide bonds. The van der Waals surface area contributed by atoms with Gasteiger partial charge < -0.3 is 5.73 Å². The predicted octanol–water partition coefficient (Wildman–Crippen LogP) is 3.23. The smallest absolute Gasteiger partial charge is 0.0862 e. The molecule has 2 rings (SSSR count). The molecule has 0 spiro atoms. The summed E-state index contributed by atoms with van der Waals surface area (Å²) in [6, 6.07) is 0.161. The Kier molecular flexibility index (Phi) is 4.24. The lowest BCUT2D eigenvalue weighted by atomic mass is 10.1. The molecule has 1 unspecified atom stereocenters. The number of halogens is 1. The molecule has 4 heteroatoms. The highest BCUT2D eigenvalue weighted by molar-refractivity contribution is 6.32. The van der Waals surface area contributed by atoms with Gasteiger partial charge in [-0.2, -0.15) is 5.10 Å². The molecule has 2 N–H and O–H groups in total. The van der Waals surface area contributed by atoms with Gasteiger partial charge in [0.2, 0.25) is 0 Å². The fourth-order valence-corrected chi connectivity index (χ4v) is 2.64. The Balaban J connectivity index is 2.34. The van der Waals surface area contributed by atoms with E-state index < -0.39 is 0 Å². The Morgan fingerprint density at radius 3 is 3.12 bits per heavy atom. The Hall–Kier alpha value is -0.800. The molecule has 17 heavy (non-hydrogen) atoms. The maximum Gasteiger partial charge on any atom is 0.0862 e. The molecule has 0 aromatic carbocycles. The lowest BCUT2D eigenvalue weighted by Gasteiger charge is -2.10. The zero-order chi connectivity index (χ0) is 12.3. The van der Waals surface area contributed by atoms with E-state index in [1.54, 1.807) is 6.20 Å². The molecular formula is C13H20ClN3. The van der Waals surface area contributed by atoms with Gasteiger partial charge in [-0.05, 0) is 31.3 Å². The molecule has 0 radical (unpaired) electrons. The zero-order valence-electron chi connectivity index (χ0n) is 10.3. The van der Waals surface area contributed by atoms with E-state index in [4.69, 9.17) is 17.3 Å². The largest absolute Gasteiger partial charge is 0.324 e. The average Bonchev–Trinajstić information content (AvgIpc) is 2.52. The molecule has 94 valence electrons. The van der Waals surface area contributed by atoms with E-state index in [0.29, 0.717) is 0 Å². The van der Waals surface area contributed by atoms with Crippen LogP contribution in [0.1, 0.15) is 44.7 Å². The van der Waals surface area contributed by atoms with Gasteiger partial charge in [0.25, 0.3) is 0 Å². The molecule has 1 aromatic heterocycles. The summed E-state index contributed by atoms with van der Waals surface area (Å²) < 4.78 is 2.01. The van der Waals surface area contributed by atoms with E-state index >= 15 is 0 Å². The van der Waals surface area contributed by atoms with Crippen molar-refractivity contribution in [2.45, 2.75) is 51.6 Å². The van der Waals surface area contributed by atoms with Crippen LogP contribution >= 0.6 is 11.6 Å². The summed E-state index contributed by atoms with van der Waals surface area (Å²) in [5, 5.41) is 5.09. The van der Waals surface area contributed by atoms with Crippen LogP contribution in [0.3, 0.4) is 0 Å². The number of hydrogen-bond acceptors (Lipinski definition) is 2. The van der Waals surface area contributed by atoms with E-state index in [1.807, 2.05) is 4.68 Å². The first kappa shape index (κ1) is 12.7. The molecule has 0 fully saturated rings. The molecule has 3 nitrogen and oxygen atoms in total. The van der Waals surface area contributed by atoms with E-state index in [1.165, 1.54) is 18.4 Å². The molecule has 1 atom stereocenters. The van der Waals surface area contributed by atoms with Crippen LogP contribution in [0.5, 0.6) is 0 Å². The quantitative estimate of drug-likeness (QED) is 0.899.